The van der Waals surface area contributed by atoms with E-state index in [0.29, 0.717) is 0 Å². The first-order chi connectivity index (χ1) is 29.8. The van der Waals surface area contributed by atoms with Gasteiger partial charge in [0.05, 0.1) is 11.0 Å². The monoisotopic (exact) mass is 760 g/mol. The lowest BCUT2D eigenvalue weighted by molar-refractivity contribution is 1.17. The summed E-state index contributed by atoms with van der Waals surface area (Å²) < 4.78 is 2.39. The van der Waals surface area contributed by atoms with Crippen molar-refractivity contribution in [3.8, 4) is 16.8 Å². The van der Waals surface area contributed by atoms with Crippen LogP contribution in [0.5, 0.6) is 0 Å². The molecule has 0 radical (unpaired) electrons. The van der Waals surface area contributed by atoms with Crippen molar-refractivity contribution in [3.05, 3.63) is 218 Å². The zero-order valence-electron chi connectivity index (χ0n) is 32.7. The van der Waals surface area contributed by atoms with Gasteiger partial charge in [-0.2, -0.15) is 0 Å². The molecule has 0 aliphatic carbocycles. The van der Waals surface area contributed by atoms with Crippen molar-refractivity contribution < 1.29 is 0 Å². The van der Waals surface area contributed by atoms with E-state index < -0.39 is 0 Å². The molecule has 12 aromatic carbocycles. The molecule has 0 aliphatic rings. The topological polar surface area (TPSA) is 8.17 Å². The van der Waals surface area contributed by atoms with Crippen molar-refractivity contribution in [1.29, 1.82) is 0 Å². The zero-order valence-corrected chi connectivity index (χ0v) is 32.7. The molecule has 1 aromatic heterocycles. The fourth-order valence-electron chi connectivity index (χ4n) is 10.2. The highest BCUT2D eigenvalue weighted by Crippen LogP contribution is 2.46. The maximum atomic E-state index is 2.45. The quantitative estimate of drug-likeness (QED) is 0.159. The Morgan fingerprint density at radius 2 is 0.700 bits per heavy atom. The highest BCUT2D eigenvalue weighted by atomic mass is 15.1. The van der Waals surface area contributed by atoms with Crippen LogP contribution in [0.3, 0.4) is 0 Å². The van der Waals surface area contributed by atoms with Crippen LogP contribution in [0.4, 0.5) is 17.1 Å². The van der Waals surface area contributed by atoms with Gasteiger partial charge in [-0.25, -0.2) is 0 Å². The summed E-state index contributed by atoms with van der Waals surface area (Å²) in [5.74, 6) is 0. The van der Waals surface area contributed by atoms with Crippen molar-refractivity contribution in [2.75, 3.05) is 4.90 Å². The normalized spacial score (nSPS) is 12.0. The summed E-state index contributed by atoms with van der Waals surface area (Å²) in [6, 6.07) is 80.7. The van der Waals surface area contributed by atoms with E-state index in [0.717, 1.165) is 22.7 Å². The molecule has 2 nitrogen and oxygen atoms in total. The minimum Gasteiger partial charge on any atom is -0.310 e. The van der Waals surface area contributed by atoms with Gasteiger partial charge >= 0.3 is 0 Å². The molecule has 13 aromatic rings. The van der Waals surface area contributed by atoms with Gasteiger partial charge in [0, 0.05) is 33.5 Å². The summed E-state index contributed by atoms with van der Waals surface area (Å²) in [4.78, 5) is 2.43. The molecule has 0 N–H and O–H groups in total. The highest BCUT2D eigenvalue weighted by Gasteiger charge is 2.20. The Labute approximate surface area is 346 Å². The average molecular weight is 761 g/mol. The zero-order chi connectivity index (χ0) is 39.3. The number of aromatic nitrogens is 1. The summed E-state index contributed by atoms with van der Waals surface area (Å²) in [5, 5.41) is 17.9. The Hall–Kier alpha value is -7.94. The standard InChI is InChI=1S/C58H36N2/c1-2-11-37(12-3-1)38-27-29-43(30-28-38)59(44-31-33-45(34-32-44)60-53-21-6-4-16-47(53)48-17-5-7-22-54(48)60)46-35-42-26-25-41-14-9-19-50-49-18-8-13-39-23-24-40-15-10-20-51(57(40)55(39)49)52(36-46)58(42)56(41)50/h1-36H. The Balaban J connectivity index is 1.09. The van der Waals surface area contributed by atoms with Gasteiger partial charge in [0.15, 0.2) is 0 Å². The number of anilines is 3. The molecule has 0 atom stereocenters. The molecule has 0 saturated heterocycles. The fraction of sp³-hybridized carbons (Fsp3) is 0. The predicted octanol–water partition coefficient (Wildman–Crippen LogP) is 16.3. The van der Waals surface area contributed by atoms with Crippen LogP contribution in [-0.4, -0.2) is 4.57 Å². The number of para-hydroxylation sites is 2. The minimum absolute atomic E-state index is 1.09. The van der Waals surface area contributed by atoms with Crippen LogP contribution in [0.2, 0.25) is 0 Å². The second kappa shape index (κ2) is 12.8. The lowest BCUT2D eigenvalue weighted by Crippen LogP contribution is -2.10. The van der Waals surface area contributed by atoms with E-state index in [4.69, 9.17) is 0 Å². The summed E-state index contributed by atoms with van der Waals surface area (Å²) >= 11 is 0. The van der Waals surface area contributed by atoms with Crippen LogP contribution in [0.15, 0.2) is 218 Å². The summed E-state index contributed by atoms with van der Waals surface area (Å²) in [5.41, 5.74) is 9.26. The number of hydrogen-bond acceptors (Lipinski definition) is 1. The van der Waals surface area contributed by atoms with Gasteiger partial charge in [0.25, 0.3) is 0 Å². The van der Waals surface area contributed by atoms with Crippen molar-refractivity contribution in [3.63, 3.8) is 0 Å². The van der Waals surface area contributed by atoms with Gasteiger partial charge in [0.2, 0.25) is 0 Å². The van der Waals surface area contributed by atoms with Crippen molar-refractivity contribution >= 4 is 104 Å². The van der Waals surface area contributed by atoms with Gasteiger partial charge in [0.1, 0.15) is 0 Å². The van der Waals surface area contributed by atoms with Crippen molar-refractivity contribution in [1.82, 2.24) is 4.57 Å². The molecule has 0 amide bonds. The average Bonchev–Trinajstić information content (AvgIpc) is 3.65. The molecule has 0 bridgehead atoms. The largest absolute Gasteiger partial charge is 0.310 e. The lowest BCUT2D eigenvalue weighted by atomic mass is 9.87. The first-order valence-corrected chi connectivity index (χ1v) is 20.8. The SMILES string of the molecule is c1ccc(-c2ccc(N(c3ccc(-n4c5ccccc5c5ccccc54)cc3)c3cc4ccc5cccc6c7cccc8ccc9cccc(c(c3)c4c56)c9c87)cc2)cc1. The summed E-state index contributed by atoms with van der Waals surface area (Å²) in [6.45, 7) is 0. The highest BCUT2D eigenvalue weighted by molar-refractivity contribution is 6.37. The number of nitrogens with zero attached hydrogens (tertiary/aromatic N) is 2. The minimum atomic E-state index is 1.09. The summed E-state index contributed by atoms with van der Waals surface area (Å²) in [6.07, 6.45) is 0. The molecule has 0 aliphatic heterocycles. The second-order valence-electron chi connectivity index (χ2n) is 16.1. The Morgan fingerprint density at radius 3 is 1.27 bits per heavy atom. The Morgan fingerprint density at radius 1 is 0.267 bits per heavy atom. The van der Waals surface area contributed by atoms with Crippen LogP contribution < -0.4 is 4.90 Å². The van der Waals surface area contributed by atoms with Crippen LogP contribution in [0.1, 0.15) is 0 Å². The second-order valence-corrected chi connectivity index (χ2v) is 16.1. The molecular weight excluding hydrogens is 725 g/mol. The van der Waals surface area contributed by atoms with E-state index in [9.17, 15) is 0 Å². The molecule has 60 heavy (non-hydrogen) atoms. The van der Waals surface area contributed by atoms with E-state index in [2.05, 4.69) is 228 Å². The molecular formula is C58H36N2. The van der Waals surface area contributed by atoms with E-state index >= 15 is 0 Å². The van der Waals surface area contributed by atoms with Gasteiger partial charge in [-0.05, 0) is 136 Å². The van der Waals surface area contributed by atoms with Crippen molar-refractivity contribution in [2.45, 2.75) is 0 Å². The molecule has 0 spiro atoms. The third-order valence-corrected chi connectivity index (χ3v) is 12.8. The van der Waals surface area contributed by atoms with E-state index in [1.54, 1.807) is 0 Å². The fourth-order valence-corrected chi connectivity index (χ4v) is 10.2. The van der Waals surface area contributed by atoms with E-state index in [-0.39, 0.29) is 0 Å². The number of benzene rings is 11. The molecule has 13 rings (SSSR count). The third kappa shape index (κ3) is 4.82. The Bertz CT molecular complexity index is 3740. The predicted molar refractivity (Wildman–Crippen MR) is 257 cm³/mol. The lowest BCUT2D eigenvalue weighted by Gasteiger charge is -2.27. The van der Waals surface area contributed by atoms with Crippen LogP contribution in [-0.2, 0) is 0 Å². The van der Waals surface area contributed by atoms with Crippen LogP contribution in [0.25, 0.3) is 103 Å². The molecule has 1 heterocycles. The molecule has 0 unspecified atom stereocenters. The Kier molecular flexibility index (Phi) is 7.05. The van der Waals surface area contributed by atoms with Crippen LogP contribution in [0, 0.1) is 0 Å². The first-order valence-electron chi connectivity index (χ1n) is 20.8. The third-order valence-electron chi connectivity index (χ3n) is 12.8. The van der Waals surface area contributed by atoms with Gasteiger partial charge < -0.3 is 9.47 Å². The molecule has 0 saturated carbocycles. The first kappa shape index (κ1) is 33.1. The van der Waals surface area contributed by atoms with Crippen molar-refractivity contribution in [2.24, 2.45) is 0 Å². The maximum absolute atomic E-state index is 2.45. The van der Waals surface area contributed by atoms with Gasteiger partial charge in [-0.1, -0.05) is 158 Å². The number of fused-ring (bicyclic) bond motifs is 5. The van der Waals surface area contributed by atoms with Crippen LogP contribution >= 0.6 is 0 Å². The number of rotatable bonds is 5. The summed E-state index contributed by atoms with van der Waals surface area (Å²) in [7, 11) is 0. The maximum Gasteiger partial charge on any atom is 0.0541 e. The number of hydrogen-bond donors (Lipinski definition) is 0. The molecule has 0 fully saturated rings. The molecule has 278 valence electrons. The van der Waals surface area contributed by atoms with Gasteiger partial charge in [-0.15, -0.1) is 0 Å². The van der Waals surface area contributed by atoms with Gasteiger partial charge in [-0.3, -0.25) is 0 Å². The van der Waals surface area contributed by atoms with E-state index in [1.807, 2.05) is 0 Å². The molecule has 2 heteroatoms. The van der Waals surface area contributed by atoms with E-state index in [1.165, 1.54) is 97.6 Å². The smallest absolute Gasteiger partial charge is 0.0541 e.